The van der Waals surface area contributed by atoms with Gasteiger partial charge in [-0.3, -0.25) is 19.7 Å². The molecule has 188 valence electrons. The fourth-order valence-electron chi connectivity index (χ4n) is 3.98. The third-order valence-electron chi connectivity index (χ3n) is 6.48. The first-order valence-electron chi connectivity index (χ1n) is 11.7. The maximum Gasteiger partial charge on any atom is 0.313 e. The summed E-state index contributed by atoms with van der Waals surface area (Å²) in [5, 5.41) is 7.07. The molecule has 4 rings (SSSR count). The molecule has 1 amide bonds. The number of hydrogen-bond acceptors (Lipinski definition) is 5. The average molecular weight is 528 g/mol. The summed E-state index contributed by atoms with van der Waals surface area (Å²) in [5.41, 5.74) is 1.43. The van der Waals surface area contributed by atoms with Crippen molar-refractivity contribution < 1.29 is 14.3 Å². The van der Waals surface area contributed by atoms with Crippen LogP contribution in [-0.4, -0.2) is 23.6 Å². The van der Waals surface area contributed by atoms with Crippen molar-refractivity contribution in [3.8, 4) is 0 Å². The third-order valence-corrected chi connectivity index (χ3v) is 6.99. The van der Waals surface area contributed by atoms with Crippen LogP contribution in [0.3, 0.4) is 0 Å². The lowest BCUT2D eigenvalue weighted by atomic mass is 9.98. The Kier molecular flexibility index (Phi) is 8.14. The molecule has 3 aromatic rings. The van der Waals surface area contributed by atoms with E-state index in [4.69, 9.17) is 27.9 Å². The van der Waals surface area contributed by atoms with Gasteiger partial charge in [0.25, 0.3) is 5.91 Å². The topological polar surface area (TPSA) is 100 Å². The lowest BCUT2D eigenvalue weighted by Gasteiger charge is -2.20. The number of esters is 1. The third kappa shape index (κ3) is 6.16. The Morgan fingerprint density at radius 1 is 1.03 bits per heavy atom. The van der Waals surface area contributed by atoms with E-state index in [2.05, 4.69) is 15.6 Å². The van der Waals surface area contributed by atoms with E-state index in [1.807, 2.05) is 31.2 Å². The number of H-pyrrole nitrogens is 1. The molecule has 1 heterocycles. The summed E-state index contributed by atoms with van der Waals surface area (Å²) in [6.07, 6.45) is 3.91. The molecule has 2 aromatic carbocycles. The minimum atomic E-state index is -0.520. The molecule has 1 fully saturated rings. The molecule has 36 heavy (non-hydrogen) atoms. The molecule has 0 unspecified atom stereocenters. The highest BCUT2D eigenvalue weighted by Gasteiger charge is 2.49. The average Bonchev–Trinajstić information content (AvgIpc) is 3.68. The van der Waals surface area contributed by atoms with Gasteiger partial charge in [-0.25, -0.2) is 0 Å². The molecule has 0 atom stereocenters. The number of aromatic nitrogens is 1. The van der Waals surface area contributed by atoms with Gasteiger partial charge in [0.15, 0.2) is 5.43 Å². The summed E-state index contributed by atoms with van der Waals surface area (Å²) < 4.78 is 5.29. The predicted octanol–water partition coefficient (Wildman–Crippen LogP) is 4.98. The molecule has 1 aliphatic rings. The van der Waals surface area contributed by atoms with Crippen molar-refractivity contribution in [2.75, 3.05) is 6.73 Å². The molecule has 1 aliphatic carbocycles. The Hall–Kier alpha value is -3.13. The molecular formula is C27H27Cl2N3O4. The highest BCUT2D eigenvalue weighted by atomic mass is 35.5. The van der Waals surface area contributed by atoms with Crippen molar-refractivity contribution in [1.82, 2.24) is 15.6 Å². The quantitative estimate of drug-likeness (QED) is 0.196. The van der Waals surface area contributed by atoms with Crippen LogP contribution in [0.1, 0.15) is 59.4 Å². The molecule has 0 aliphatic heterocycles. The number of ether oxygens (including phenoxy) is 1. The maximum absolute atomic E-state index is 13.1. The van der Waals surface area contributed by atoms with E-state index >= 15 is 0 Å². The molecule has 0 radical (unpaired) electrons. The Morgan fingerprint density at radius 3 is 2.11 bits per heavy atom. The van der Waals surface area contributed by atoms with Crippen LogP contribution in [0.4, 0.5) is 0 Å². The van der Waals surface area contributed by atoms with E-state index in [9.17, 15) is 14.4 Å². The van der Waals surface area contributed by atoms with Gasteiger partial charge in [-0.1, -0.05) is 54.4 Å². The summed E-state index contributed by atoms with van der Waals surface area (Å²) in [5.74, 6) is -0.706. The van der Waals surface area contributed by atoms with Crippen molar-refractivity contribution in [3.05, 3.63) is 103 Å². The zero-order valence-electron chi connectivity index (χ0n) is 19.8. The van der Waals surface area contributed by atoms with Crippen LogP contribution in [0, 0.1) is 5.41 Å². The fraction of sp³-hybridized carbons (Fsp3) is 0.296. The lowest BCUT2D eigenvalue weighted by molar-refractivity contribution is -0.151. The van der Waals surface area contributed by atoms with E-state index in [0.717, 1.165) is 30.4 Å². The molecule has 0 bridgehead atoms. The lowest BCUT2D eigenvalue weighted by Crippen LogP contribution is -2.33. The predicted molar refractivity (Wildman–Crippen MR) is 139 cm³/mol. The van der Waals surface area contributed by atoms with E-state index in [1.165, 1.54) is 12.3 Å². The van der Waals surface area contributed by atoms with Gasteiger partial charge in [-0.05, 0) is 54.7 Å². The maximum atomic E-state index is 13.1. The standard InChI is InChI=1S/C27H27Cl2N3O4/c1-2-27(11-12-27)26(35)36-16-30-14-21-13-23(33)22(15-31-21)25(34)32-24(17-3-7-19(28)8-4-17)18-5-9-20(29)10-6-18/h3-10,13,15,24,30H,2,11-12,14,16H2,1H3,(H,31,33)(H,32,34). The van der Waals surface area contributed by atoms with Gasteiger partial charge < -0.3 is 15.0 Å². The summed E-state index contributed by atoms with van der Waals surface area (Å²) in [4.78, 5) is 40.9. The van der Waals surface area contributed by atoms with Gasteiger partial charge in [0, 0.05) is 34.5 Å². The van der Waals surface area contributed by atoms with Crippen molar-refractivity contribution in [2.45, 2.75) is 38.8 Å². The summed E-state index contributed by atoms with van der Waals surface area (Å²) >= 11 is 12.1. The van der Waals surface area contributed by atoms with Gasteiger partial charge in [0.05, 0.1) is 11.5 Å². The smallest absolute Gasteiger partial charge is 0.313 e. The fourth-order valence-corrected chi connectivity index (χ4v) is 4.23. The van der Waals surface area contributed by atoms with Crippen molar-refractivity contribution in [2.24, 2.45) is 5.41 Å². The number of hydrogen-bond donors (Lipinski definition) is 3. The number of amides is 1. The molecule has 0 saturated heterocycles. The number of aromatic amines is 1. The van der Waals surface area contributed by atoms with Crippen LogP contribution >= 0.6 is 23.2 Å². The number of halogens is 2. The number of benzene rings is 2. The summed E-state index contributed by atoms with van der Waals surface area (Å²) in [6, 6.07) is 15.1. The zero-order chi connectivity index (χ0) is 25.7. The molecule has 1 saturated carbocycles. The Balaban J connectivity index is 1.41. The Bertz CT molecular complexity index is 1240. The van der Waals surface area contributed by atoms with Gasteiger partial charge in [-0.2, -0.15) is 0 Å². The second-order valence-corrected chi connectivity index (χ2v) is 9.76. The van der Waals surface area contributed by atoms with E-state index in [-0.39, 0.29) is 30.2 Å². The Morgan fingerprint density at radius 2 is 1.61 bits per heavy atom. The number of rotatable bonds is 10. The second kappa shape index (κ2) is 11.3. The second-order valence-electron chi connectivity index (χ2n) is 8.88. The molecule has 7 nitrogen and oxygen atoms in total. The van der Waals surface area contributed by atoms with Gasteiger partial charge in [0.1, 0.15) is 12.3 Å². The summed E-state index contributed by atoms with van der Waals surface area (Å²) in [6.45, 7) is 2.31. The van der Waals surface area contributed by atoms with Crippen molar-refractivity contribution in [1.29, 1.82) is 0 Å². The van der Waals surface area contributed by atoms with Crippen LogP contribution < -0.4 is 16.1 Å². The number of carbonyl (C=O) groups is 2. The van der Waals surface area contributed by atoms with Crippen molar-refractivity contribution in [3.63, 3.8) is 0 Å². The van der Waals surface area contributed by atoms with Gasteiger partial charge in [-0.15, -0.1) is 0 Å². The van der Waals surface area contributed by atoms with Crippen LogP contribution in [0.25, 0.3) is 0 Å². The highest BCUT2D eigenvalue weighted by Crippen LogP contribution is 2.49. The minimum absolute atomic E-state index is 0.0169. The molecule has 3 N–H and O–H groups in total. The monoisotopic (exact) mass is 527 g/mol. The van der Waals surface area contributed by atoms with Crippen LogP contribution in [-0.2, 0) is 16.1 Å². The SMILES string of the molecule is CCC1(C(=O)OCNCc2cc(=O)c(C(=O)NC(c3ccc(Cl)cc3)c3ccc(Cl)cc3)c[nH]2)CC1. The van der Waals surface area contributed by atoms with Gasteiger partial charge in [0.2, 0.25) is 0 Å². The highest BCUT2D eigenvalue weighted by molar-refractivity contribution is 6.30. The van der Waals surface area contributed by atoms with Crippen LogP contribution in [0.2, 0.25) is 10.0 Å². The number of nitrogens with one attached hydrogen (secondary N) is 3. The van der Waals surface area contributed by atoms with E-state index in [0.29, 0.717) is 15.7 Å². The first-order chi connectivity index (χ1) is 17.3. The first kappa shape index (κ1) is 25.9. The number of pyridine rings is 1. The molecule has 0 spiro atoms. The minimum Gasteiger partial charge on any atom is -0.449 e. The largest absolute Gasteiger partial charge is 0.449 e. The zero-order valence-corrected chi connectivity index (χ0v) is 21.3. The van der Waals surface area contributed by atoms with Crippen molar-refractivity contribution >= 4 is 35.1 Å². The first-order valence-corrected chi connectivity index (χ1v) is 12.5. The van der Waals surface area contributed by atoms with E-state index < -0.39 is 17.4 Å². The Labute approximate surface area is 219 Å². The molecular weight excluding hydrogens is 501 g/mol. The molecule has 9 heteroatoms. The summed E-state index contributed by atoms with van der Waals surface area (Å²) in [7, 11) is 0. The number of carbonyl (C=O) groups excluding carboxylic acids is 2. The molecule has 1 aromatic heterocycles. The van der Waals surface area contributed by atoms with E-state index in [1.54, 1.807) is 24.3 Å². The normalized spacial score (nSPS) is 13.9. The van der Waals surface area contributed by atoms with Gasteiger partial charge >= 0.3 is 5.97 Å². The van der Waals surface area contributed by atoms with Crippen LogP contribution in [0.15, 0.2) is 65.6 Å². The van der Waals surface area contributed by atoms with Crippen LogP contribution in [0.5, 0.6) is 0 Å².